The molecule has 7 N–H and O–H groups in total. The van der Waals surface area contributed by atoms with Crippen LogP contribution in [0.25, 0.3) is 0 Å². The Labute approximate surface area is 81.4 Å². The van der Waals surface area contributed by atoms with Crippen molar-refractivity contribution in [2.75, 3.05) is 13.7 Å². The normalized spacial score (nSPS) is 38.6. The van der Waals surface area contributed by atoms with Crippen molar-refractivity contribution in [2.24, 2.45) is 17.7 Å². The number of methoxy groups -OCH3 is 1. The van der Waals surface area contributed by atoms with E-state index in [2.05, 4.69) is 10.2 Å². The molecule has 0 aromatic carbocycles. The summed E-state index contributed by atoms with van der Waals surface area (Å²) < 4.78 is 5.07. The standard InChI is InChI=1S/C6H16N4O4/c1-11-6-5(14-9)4(13-8)3(12-7)2-10-6/h3-6,10H,2,7-9H2,1H3/t3-,4+,5-,6+/m1/s1. The Hall–Kier alpha value is -0.320. The van der Waals surface area contributed by atoms with E-state index in [9.17, 15) is 0 Å². The SMILES string of the molecule is CO[C@@H]1NC[C@@H](ON)[C@H](ON)[C@H]1ON. The fraction of sp³-hybridized carbons (Fsp3) is 1.00. The molecule has 0 unspecified atom stereocenters. The lowest BCUT2D eigenvalue weighted by molar-refractivity contribution is -0.204. The molecular weight excluding hydrogens is 192 g/mol. The number of piperidine rings is 1. The second-order valence-electron chi connectivity index (χ2n) is 2.94. The van der Waals surface area contributed by atoms with E-state index in [1.54, 1.807) is 0 Å². The second kappa shape index (κ2) is 5.53. The number of nitrogens with one attached hydrogen (secondary N) is 1. The molecule has 0 spiro atoms. The molecular formula is C6H16N4O4. The minimum atomic E-state index is -0.577. The third-order valence-corrected chi connectivity index (χ3v) is 2.25. The Morgan fingerprint density at radius 1 is 1.07 bits per heavy atom. The molecule has 8 heteroatoms. The van der Waals surface area contributed by atoms with Gasteiger partial charge in [0.1, 0.15) is 24.5 Å². The summed E-state index contributed by atoms with van der Waals surface area (Å²) in [6.07, 6.45) is -1.98. The van der Waals surface area contributed by atoms with Gasteiger partial charge in [0.05, 0.1) is 0 Å². The summed E-state index contributed by atoms with van der Waals surface area (Å²) in [5.74, 6) is 15.3. The van der Waals surface area contributed by atoms with E-state index in [-0.39, 0.29) is 0 Å². The van der Waals surface area contributed by atoms with Gasteiger partial charge in [-0.05, 0) is 0 Å². The van der Waals surface area contributed by atoms with Crippen molar-refractivity contribution >= 4 is 0 Å². The average molecular weight is 208 g/mol. The summed E-state index contributed by atoms with van der Waals surface area (Å²) in [6, 6.07) is 0. The smallest absolute Gasteiger partial charge is 0.149 e. The van der Waals surface area contributed by atoms with Crippen LogP contribution in [0.1, 0.15) is 0 Å². The molecule has 0 amide bonds. The van der Waals surface area contributed by atoms with Crippen molar-refractivity contribution in [1.29, 1.82) is 0 Å². The first-order valence-electron chi connectivity index (χ1n) is 4.11. The molecule has 0 aromatic rings. The van der Waals surface area contributed by atoms with E-state index >= 15 is 0 Å². The Bertz CT molecular complexity index is 154. The van der Waals surface area contributed by atoms with E-state index in [1.807, 2.05) is 0 Å². The Morgan fingerprint density at radius 2 is 1.71 bits per heavy atom. The number of hydrogen-bond acceptors (Lipinski definition) is 8. The van der Waals surface area contributed by atoms with Crippen molar-refractivity contribution in [3.05, 3.63) is 0 Å². The summed E-state index contributed by atoms with van der Waals surface area (Å²) in [5, 5.41) is 2.97. The fourth-order valence-electron chi connectivity index (χ4n) is 1.51. The van der Waals surface area contributed by atoms with Crippen LogP contribution in [-0.4, -0.2) is 38.2 Å². The van der Waals surface area contributed by atoms with E-state index in [0.717, 1.165) is 0 Å². The third-order valence-electron chi connectivity index (χ3n) is 2.25. The molecule has 0 aliphatic carbocycles. The van der Waals surface area contributed by atoms with Gasteiger partial charge in [-0.25, -0.2) is 17.7 Å². The molecule has 1 fully saturated rings. The predicted molar refractivity (Wildman–Crippen MR) is 46.0 cm³/mol. The van der Waals surface area contributed by atoms with Gasteiger partial charge in [0.25, 0.3) is 0 Å². The molecule has 1 rings (SSSR count). The molecule has 0 saturated carbocycles. The highest BCUT2D eigenvalue weighted by Crippen LogP contribution is 2.16. The maximum absolute atomic E-state index is 5.10. The Kier molecular flexibility index (Phi) is 4.65. The zero-order chi connectivity index (χ0) is 10.6. The van der Waals surface area contributed by atoms with Crippen LogP contribution in [0.3, 0.4) is 0 Å². The number of hydrogen-bond donors (Lipinski definition) is 4. The summed E-state index contributed by atoms with van der Waals surface area (Å²) in [6.45, 7) is 0.441. The van der Waals surface area contributed by atoms with Gasteiger partial charge in [-0.15, -0.1) is 0 Å². The van der Waals surface area contributed by atoms with Crippen molar-refractivity contribution in [3.8, 4) is 0 Å². The van der Waals surface area contributed by atoms with Crippen LogP contribution in [-0.2, 0) is 19.2 Å². The van der Waals surface area contributed by atoms with Crippen LogP contribution in [0.4, 0.5) is 0 Å². The second-order valence-corrected chi connectivity index (χ2v) is 2.94. The summed E-state index contributed by atoms with van der Waals surface area (Å²) in [4.78, 5) is 14.1. The largest absolute Gasteiger partial charge is 0.364 e. The summed E-state index contributed by atoms with van der Waals surface area (Å²) in [5.41, 5.74) is 0. The molecule has 0 aromatic heterocycles. The van der Waals surface area contributed by atoms with Crippen LogP contribution in [0.5, 0.6) is 0 Å². The Balaban J connectivity index is 2.67. The van der Waals surface area contributed by atoms with Crippen molar-refractivity contribution < 1.29 is 19.2 Å². The zero-order valence-corrected chi connectivity index (χ0v) is 7.88. The molecule has 1 aliphatic heterocycles. The maximum Gasteiger partial charge on any atom is 0.149 e. The minimum Gasteiger partial charge on any atom is -0.364 e. The van der Waals surface area contributed by atoms with Gasteiger partial charge in [-0.3, -0.25) is 19.8 Å². The van der Waals surface area contributed by atoms with Gasteiger partial charge in [0.2, 0.25) is 0 Å². The molecule has 1 heterocycles. The van der Waals surface area contributed by atoms with E-state index in [4.69, 9.17) is 32.1 Å². The minimum absolute atomic E-state index is 0.403. The molecule has 0 radical (unpaired) electrons. The van der Waals surface area contributed by atoms with Crippen LogP contribution >= 0.6 is 0 Å². The molecule has 84 valence electrons. The van der Waals surface area contributed by atoms with Crippen LogP contribution < -0.4 is 23.0 Å². The van der Waals surface area contributed by atoms with Gasteiger partial charge >= 0.3 is 0 Å². The van der Waals surface area contributed by atoms with E-state index in [1.165, 1.54) is 7.11 Å². The van der Waals surface area contributed by atoms with Crippen molar-refractivity contribution in [2.45, 2.75) is 24.5 Å². The highest BCUT2D eigenvalue weighted by Gasteiger charge is 2.42. The van der Waals surface area contributed by atoms with Crippen LogP contribution in [0.2, 0.25) is 0 Å². The first-order chi connectivity index (χ1) is 6.78. The fourth-order valence-corrected chi connectivity index (χ4v) is 1.51. The zero-order valence-electron chi connectivity index (χ0n) is 7.88. The van der Waals surface area contributed by atoms with Gasteiger partial charge < -0.3 is 4.74 Å². The number of nitrogens with two attached hydrogens (primary N) is 3. The molecule has 1 saturated heterocycles. The third kappa shape index (κ3) is 2.19. The van der Waals surface area contributed by atoms with E-state index in [0.29, 0.717) is 6.54 Å². The highest BCUT2D eigenvalue weighted by atomic mass is 16.7. The van der Waals surface area contributed by atoms with Crippen molar-refractivity contribution in [3.63, 3.8) is 0 Å². The van der Waals surface area contributed by atoms with Gasteiger partial charge in [-0.2, -0.15) is 0 Å². The van der Waals surface area contributed by atoms with Crippen LogP contribution in [0, 0.1) is 0 Å². The topological polar surface area (TPSA) is 127 Å². The Morgan fingerprint density at radius 3 is 2.14 bits per heavy atom. The molecule has 14 heavy (non-hydrogen) atoms. The lowest BCUT2D eigenvalue weighted by Gasteiger charge is -2.38. The first kappa shape index (κ1) is 11.8. The van der Waals surface area contributed by atoms with E-state index < -0.39 is 24.5 Å². The first-order valence-corrected chi connectivity index (χ1v) is 4.11. The lowest BCUT2D eigenvalue weighted by Crippen LogP contribution is -2.64. The highest BCUT2D eigenvalue weighted by molar-refractivity contribution is 4.90. The summed E-state index contributed by atoms with van der Waals surface area (Å²) in [7, 11) is 1.51. The monoisotopic (exact) mass is 208 g/mol. The quantitative estimate of drug-likeness (QED) is 0.369. The van der Waals surface area contributed by atoms with Gasteiger partial charge in [-0.1, -0.05) is 0 Å². The summed E-state index contributed by atoms with van der Waals surface area (Å²) >= 11 is 0. The number of rotatable bonds is 4. The molecule has 1 aliphatic rings. The van der Waals surface area contributed by atoms with Crippen molar-refractivity contribution in [1.82, 2.24) is 5.32 Å². The van der Waals surface area contributed by atoms with Gasteiger partial charge in [0.15, 0.2) is 0 Å². The maximum atomic E-state index is 5.10. The predicted octanol–water partition coefficient (Wildman–Crippen LogP) is -2.66. The lowest BCUT2D eigenvalue weighted by atomic mass is 10.0. The molecule has 4 atom stereocenters. The molecule has 0 bridgehead atoms. The molecule has 8 nitrogen and oxygen atoms in total. The average Bonchev–Trinajstić information content (AvgIpc) is 2.26. The van der Waals surface area contributed by atoms with Gasteiger partial charge in [0, 0.05) is 13.7 Å². The number of ether oxygens (including phenoxy) is 1. The van der Waals surface area contributed by atoms with Crippen LogP contribution in [0.15, 0.2) is 0 Å².